The number of alkyl halides is 14. The van der Waals surface area contributed by atoms with E-state index in [4.69, 9.17) is 0 Å². The Morgan fingerprint density at radius 2 is 0.704 bits per heavy atom. The maximum Gasteiger partial charge on any atom is 0.339 e. The molecule has 0 aromatic rings. The second-order valence-electron chi connectivity index (χ2n) is 6.74. The summed E-state index contributed by atoms with van der Waals surface area (Å²) in [6.45, 7) is -1.01. The molecule has 4 aliphatic rings. The Hall–Kier alpha value is -1.02. The van der Waals surface area contributed by atoms with Gasteiger partial charge in [-0.15, -0.1) is 0 Å². The SMILES string of the molecule is COC12C(C)(F)C3(F)C(F)(F)C(F)(C(F)(F)C(F)(C3(F)F)C1(F)F)C2(F)F. The van der Waals surface area contributed by atoms with Crippen LogP contribution in [-0.2, 0) is 4.74 Å². The molecule has 4 aliphatic carbocycles. The van der Waals surface area contributed by atoms with Gasteiger partial charge < -0.3 is 4.74 Å². The van der Waals surface area contributed by atoms with E-state index in [2.05, 4.69) is 4.74 Å². The van der Waals surface area contributed by atoms with Crippen molar-refractivity contribution in [3.8, 4) is 0 Å². The Morgan fingerprint density at radius 1 is 0.444 bits per heavy atom. The second-order valence-corrected chi connectivity index (χ2v) is 6.74. The largest absolute Gasteiger partial charge is 0.363 e. The number of ether oxygens (including phenoxy) is 1. The highest BCUT2D eigenvalue weighted by Crippen LogP contribution is 2.88. The van der Waals surface area contributed by atoms with Crippen molar-refractivity contribution in [3.05, 3.63) is 0 Å². The summed E-state index contributed by atoms with van der Waals surface area (Å²) in [5.74, 6) is -36.5. The molecule has 0 spiro atoms. The molecule has 15 heteroatoms. The molecule has 0 radical (unpaired) electrons. The first kappa shape index (κ1) is 20.7. The molecule has 0 saturated heterocycles. The van der Waals surface area contributed by atoms with Gasteiger partial charge in [-0.1, -0.05) is 0 Å². The monoisotopic (exact) mass is 432 g/mol. The Morgan fingerprint density at radius 3 is 0.963 bits per heavy atom. The number of rotatable bonds is 1. The molecule has 4 saturated carbocycles. The van der Waals surface area contributed by atoms with Gasteiger partial charge in [-0.3, -0.25) is 0 Å². The lowest BCUT2D eigenvalue weighted by molar-refractivity contribution is -0.603. The Bertz CT molecular complexity index is 613. The van der Waals surface area contributed by atoms with Crippen LogP contribution in [0.25, 0.3) is 0 Å². The molecule has 4 bridgehead atoms. The minimum Gasteiger partial charge on any atom is -0.363 e. The molecule has 0 aromatic carbocycles. The van der Waals surface area contributed by atoms with Crippen LogP contribution >= 0.6 is 0 Å². The molecular formula is C12H6F14O. The minimum absolute atomic E-state index is 0.433. The number of hydrogen-bond acceptors (Lipinski definition) is 1. The van der Waals surface area contributed by atoms with Gasteiger partial charge in [0.1, 0.15) is 0 Å². The van der Waals surface area contributed by atoms with E-state index in [1.807, 2.05) is 0 Å². The van der Waals surface area contributed by atoms with Crippen LogP contribution in [0.15, 0.2) is 0 Å². The summed E-state index contributed by atoms with van der Waals surface area (Å²) < 4.78 is 204. The molecule has 0 aromatic heterocycles. The van der Waals surface area contributed by atoms with Crippen LogP contribution in [0.3, 0.4) is 0 Å². The Balaban J connectivity index is 2.73. The van der Waals surface area contributed by atoms with Gasteiger partial charge in [0.05, 0.1) is 0 Å². The lowest BCUT2D eigenvalue weighted by Gasteiger charge is -2.76. The van der Waals surface area contributed by atoms with Crippen molar-refractivity contribution >= 4 is 0 Å². The maximum absolute atomic E-state index is 14.8. The number of hydrogen-bond donors (Lipinski definition) is 0. The fraction of sp³-hybridized carbons (Fsp3) is 1.00. The highest BCUT2D eigenvalue weighted by Gasteiger charge is 3.21. The van der Waals surface area contributed by atoms with E-state index in [0.29, 0.717) is 0 Å². The van der Waals surface area contributed by atoms with Crippen LogP contribution in [0.2, 0.25) is 0 Å². The van der Waals surface area contributed by atoms with E-state index < -0.39 is 71.9 Å². The molecule has 0 N–H and O–H groups in total. The quantitative estimate of drug-likeness (QED) is 0.557. The Labute approximate surface area is 139 Å². The van der Waals surface area contributed by atoms with Gasteiger partial charge in [0.15, 0.2) is 5.67 Å². The van der Waals surface area contributed by atoms with Gasteiger partial charge in [-0.25, -0.2) is 17.6 Å². The highest BCUT2D eigenvalue weighted by atomic mass is 19.3. The van der Waals surface area contributed by atoms with Gasteiger partial charge in [0.25, 0.3) is 5.67 Å². The van der Waals surface area contributed by atoms with Crippen molar-refractivity contribution < 1.29 is 66.2 Å². The molecule has 4 rings (SSSR count). The lowest BCUT2D eigenvalue weighted by Crippen LogP contribution is -3.10. The van der Waals surface area contributed by atoms with E-state index in [0.717, 1.165) is 0 Å². The van der Waals surface area contributed by atoms with Crippen molar-refractivity contribution in [2.24, 2.45) is 0 Å². The predicted octanol–water partition coefficient (Wildman–Crippen LogP) is 4.44. The van der Waals surface area contributed by atoms with Crippen LogP contribution < -0.4 is 0 Å². The fourth-order valence-corrected chi connectivity index (χ4v) is 4.64. The van der Waals surface area contributed by atoms with Crippen molar-refractivity contribution in [2.45, 2.75) is 64.8 Å². The number of methoxy groups -OCH3 is 1. The van der Waals surface area contributed by atoms with Crippen molar-refractivity contribution in [3.63, 3.8) is 0 Å². The average molecular weight is 432 g/mol. The second kappa shape index (κ2) is 3.99. The molecule has 1 nitrogen and oxygen atoms in total. The minimum atomic E-state index is -7.59. The predicted molar refractivity (Wildman–Crippen MR) is 55.5 cm³/mol. The molecule has 0 amide bonds. The molecule has 3 unspecified atom stereocenters. The third kappa shape index (κ3) is 1.09. The molecular weight excluding hydrogens is 426 g/mol. The summed E-state index contributed by atoms with van der Waals surface area (Å²) in [7, 11) is -0.433. The average Bonchev–Trinajstić information content (AvgIpc) is 2.48. The van der Waals surface area contributed by atoms with Crippen LogP contribution in [0.1, 0.15) is 6.92 Å². The molecule has 27 heavy (non-hydrogen) atoms. The molecule has 0 heterocycles. The molecule has 3 atom stereocenters. The van der Waals surface area contributed by atoms with Gasteiger partial charge in [0.2, 0.25) is 5.60 Å². The first-order valence-electron chi connectivity index (χ1n) is 6.76. The smallest absolute Gasteiger partial charge is 0.339 e. The van der Waals surface area contributed by atoms with Gasteiger partial charge in [-0.2, -0.15) is 43.9 Å². The van der Waals surface area contributed by atoms with E-state index >= 15 is 0 Å². The topological polar surface area (TPSA) is 9.23 Å². The normalized spacial score (nSPS) is 55.6. The van der Waals surface area contributed by atoms with E-state index in [9.17, 15) is 61.5 Å². The first-order chi connectivity index (χ1) is 11.6. The summed E-state index contributed by atoms with van der Waals surface area (Å²) in [4.78, 5) is 0. The zero-order chi connectivity index (χ0) is 21.7. The summed E-state index contributed by atoms with van der Waals surface area (Å²) >= 11 is 0. The van der Waals surface area contributed by atoms with Crippen LogP contribution in [0.4, 0.5) is 61.5 Å². The van der Waals surface area contributed by atoms with Gasteiger partial charge >= 0.3 is 41.0 Å². The summed E-state index contributed by atoms with van der Waals surface area (Å²) in [6, 6.07) is 0. The van der Waals surface area contributed by atoms with E-state index in [-0.39, 0.29) is 0 Å². The zero-order valence-electron chi connectivity index (χ0n) is 12.7. The standard InChI is InChI=1S/C12H6F14O/c1-3(13)4(14)8(17,18)5(15)10(21,22)6(16,9(4,19)20)12(25,26)7(3,27-2)11(5,23)24/h1-2H3. The van der Waals surface area contributed by atoms with Crippen LogP contribution in [0, 0.1) is 0 Å². The zero-order valence-corrected chi connectivity index (χ0v) is 12.7. The highest BCUT2D eigenvalue weighted by molar-refractivity contribution is 5.55. The maximum atomic E-state index is 14.8. The van der Waals surface area contributed by atoms with Crippen molar-refractivity contribution in [2.75, 3.05) is 7.11 Å². The molecule has 0 aliphatic heterocycles. The van der Waals surface area contributed by atoms with Crippen molar-refractivity contribution in [1.29, 1.82) is 0 Å². The fourth-order valence-electron chi connectivity index (χ4n) is 4.64. The van der Waals surface area contributed by atoms with Crippen LogP contribution in [0.5, 0.6) is 0 Å². The summed E-state index contributed by atoms with van der Waals surface area (Å²) in [6.07, 6.45) is 0. The van der Waals surface area contributed by atoms with Gasteiger partial charge in [-0.05, 0) is 6.92 Å². The molecule has 4 fully saturated rings. The summed E-state index contributed by atoms with van der Waals surface area (Å²) in [5.41, 5.74) is -33.6. The third-order valence-corrected chi connectivity index (χ3v) is 5.96. The number of halogens is 14. The van der Waals surface area contributed by atoms with E-state index in [1.165, 1.54) is 0 Å². The lowest BCUT2D eigenvalue weighted by atomic mass is 9.37. The first-order valence-corrected chi connectivity index (χ1v) is 6.76. The van der Waals surface area contributed by atoms with Crippen molar-refractivity contribution in [1.82, 2.24) is 0 Å². The third-order valence-electron chi connectivity index (χ3n) is 5.96. The van der Waals surface area contributed by atoms with E-state index in [1.54, 1.807) is 0 Å². The molecule has 158 valence electrons. The van der Waals surface area contributed by atoms with Gasteiger partial charge in [0, 0.05) is 7.11 Å². The Kier molecular flexibility index (Phi) is 3.06. The summed E-state index contributed by atoms with van der Waals surface area (Å²) in [5, 5.41) is 0. The van der Waals surface area contributed by atoms with Crippen LogP contribution in [-0.4, -0.2) is 65.0 Å².